The quantitative estimate of drug-likeness (QED) is 0.807. The zero-order chi connectivity index (χ0) is 16.9. The zero-order valence-corrected chi connectivity index (χ0v) is 14.6. The maximum atomic E-state index is 8.95. The number of piperidine rings is 1. The molecular formula is C18H17Cl2N3O. The van der Waals surface area contributed by atoms with Gasteiger partial charge in [-0.25, -0.2) is 4.98 Å². The monoisotopic (exact) mass is 361 g/mol. The van der Waals surface area contributed by atoms with Gasteiger partial charge in [0.2, 0.25) is 0 Å². The molecule has 24 heavy (non-hydrogen) atoms. The van der Waals surface area contributed by atoms with Crippen molar-refractivity contribution in [2.24, 2.45) is 0 Å². The molecule has 2 aromatic rings. The van der Waals surface area contributed by atoms with Gasteiger partial charge in [-0.3, -0.25) is 0 Å². The standard InChI is InChI=1S/C18H17Cl2N3O/c19-16-5-4-13(10-17(16)20)12-24-15-6-8-23(9-7-15)18-3-1-2-14(11-21)22-18/h1-5,10,15H,6-9,12H2. The lowest BCUT2D eigenvalue weighted by atomic mass is 10.1. The number of pyridine rings is 1. The van der Waals surface area contributed by atoms with Crippen LogP contribution in [-0.4, -0.2) is 24.2 Å². The molecule has 1 aliphatic heterocycles. The number of hydrogen-bond donors (Lipinski definition) is 0. The Labute approximate surface area is 151 Å². The largest absolute Gasteiger partial charge is 0.373 e. The molecule has 1 aromatic carbocycles. The van der Waals surface area contributed by atoms with Crippen molar-refractivity contribution in [1.82, 2.24) is 4.98 Å². The number of nitrogens with zero attached hydrogens (tertiary/aromatic N) is 3. The first-order chi connectivity index (χ1) is 11.7. The van der Waals surface area contributed by atoms with Crippen LogP contribution >= 0.6 is 23.2 Å². The molecule has 0 saturated carbocycles. The van der Waals surface area contributed by atoms with Crippen LogP contribution in [-0.2, 0) is 11.3 Å². The number of hydrogen-bond acceptors (Lipinski definition) is 4. The van der Waals surface area contributed by atoms with Gasteiger partial charge in [-0.1, -0.05) is 35.3 Å². The van der Waals surface area contributed by atoms with Crippen molar-refractivity contribution in [2.75, 3.05) is 18.0 Å². The summed E-state index contributed by atoms with van der Waals surface area (Å²) in [6, 6.07) is 13.2. The van der Waals surface area contributed by atoms with Gasteiger partial charge in [0.1, 0.15) is 17.6 Å². The molecule has 0 amide bonds. The first kappa shape index (κ1) is 17.0. The summed E-state index contributed by atoms with van der Waals surface area (Å²) in [5, 5.41) is 10.1. The average Bonchev–Trinajstić information content (AvgIpc) is 2.63. The molecule has 124 valence electrons. The van der Waals surface area contributed by atoms with Crippen LogP contribution in [0.25, 0.3) is 0 Å². The number of nitriles is 1. The summed E-state index contributed by atoms with van der Waals surface area (Å²) >= 11 is 11.9. The van der Waals surface area contributed by atoms with Crippen molar-refractivity contribution in [3.8, 4) is 6.07 Å². The number of halogens is 2. The third-order valence-corrected chi connectivity index (χ3v) is 4.82. The fourth-order valence-electron chi connectivity index (χ4n) is 2.76. The first-order valence-electron chi connectivity index (χ1n) is 7.83. The zero-order valence-electron chi connectivity index (χ0n) is 13.1. The van der Waals surface area contributed by atoms with Crippen molar-refractivity contribution in [1.29, 1.82) is 5.26 Å². The predicted octanol–water partition coefficient (Wildman–Crippen LogP) is 4.45. The molecule has 6 heteroatoms. The minimum Gasteiger partial charge on any atom is -0.373 e. The number of anilines is 1. The van der Waals surface area contributed by atoms with E-state index in [0.717, 1.165) is 37.3 Å². The molecule has 0 N–H and O–H groups in total. The van der Waals surface area contributed by atoms with Crippen LogP contribution in [0.1, 0.15) is 24.1 Å². The molecule has 1 aliphatic rings. The van der Waals surface area contributed by atoms with Crippen LogP contribution in [0.15, 0.2) is 36.4 Å². The molecule has 0 atom stereocenters. The highest BCUT2D eigenvalue weighted by Crippen LogP contribution is 2.24. The van der Waals surface area contributed by atoms with E-state index in [4.69, 9.17) is 33.2 Å². The summed E-state index contributed by atoms with van der Waals surface area (Å²) < 4.78 is 5.99. The summed E-state index contributed by atoms with van der Waals surface area (Å²) in [5.74, 6) is 0.858. The van der Waals surface area contributed by atoms with Crippen molar-refractivity contribution in [3.63, 3.8) is 0 Å². The Kier molecular flexibility index (Phi) is 5.57. The highest BCUT2D eigenvalue weighted by Gasteiger charge is 2.21. The molecule has 4 nitrogen and oxygen atoms in total. The summed E-state index contributed by atoms with van der Waals surface area (Å²) in [4.78, 5) is 6.54. The minimum absolute atomic E-state index is 0.217. The lowest BCUT2D eigenvalue weighted by Gasteiger charge is -2.32. The molecule has 2 heterocycles. The van der Waals surface area contributed by atoms with E-state index in [1.165, 1.54) is 0 Å². The van der Waals surface area contributed by atoms with E-state index in [2.05, 4.69) is 16.0 Å². The van der Waals surface area contributed by atoms with Crippen LogP contribution in [0, 0.1) is 11.3 Å². The van der Waals surface area contributed by atoms with E-state index < -0.39 is 0 Å². The summed E-state index contributed by atoms with van der Waals surface area (Å²) in [7, 11) is 0. The lowest BCUT2D eigenvalue weighted by molar-refractivity contribution is 0.0250. The van der Waals surface area contributed by atoms with Gasteiger partial charge in [-0.2, -0.15) is 5.26 Å². The Hall–Kier alpha value is -1.80. The molecule has 0 radical (unpaired) electrons. The van der Waals surface area contributed by atoms with Gasteiger partial charge in [-0.15, -0.1) is 0 Å². The van der Waals surface area contributed by atoms with E-state index >= 15 is 0 Å². The van der Waals surface area contributed by atoms with Crippen molar-refractivity contribution in [2.45, 2.75) is 25.6 Å². The van der Waals surface area contributed by atoms with Gasteiger partial charge >= 0.3 is 0 Å². The average molecular weight is 362 g/mol. The molecule has 0 spiro atoms. The Morgan fingerprint density at radius 1 is 1.17 bits per heavy atom. The second-order valence-electron chi connectivity index (χ2n) is 5.74. The van der Waals surface area contributed by atoms with Gasteiger partial charge < -0.3 is 9.64 Å². The second-order valence-corrected chi connectivity index (χ2v) is 6.55. The van der Waals surface area contributed by atoms with E-state index in [0.29, 0.717) is 22.3 Å². The third kappa shape index (κ3) is 4.18. The van der Waals surface area contributed by atoms with Crippen LogP contribution < -0.4 is 4.90 Å². The molecule has 0 bridgehead atoms. The number of benzene rings is 1. The van der Waals surface area contributed by atoms with Crippen LogP contribution in [0.2, 0.25) is 10.0 Å². The second kappa shape index (κ2) is 7.85. The van der Waals surface area contributed by atoms with Gasteiger partial charge in [0.15, 0.2) is 0 Å². The van der Waals surface area contributed by atoms with E-state index in [-0.39, 0.29) is 6.10 Å². The Morgan fingerprint density at radius 2 is 1.96 bits per heavy atom. The third-order valence-electron chi connectivity index (χ3n) is 4.08. The maximum absolute atomic E-state index is 8.95. The van der Waals surface area contributed by atoms with Crippen molar-refractivity contribution >= 4 is 29.0 Å². The Bertz CT molecular complexity index is 752. The fourth-order valence-corrected chi connectivity index (χ4v) is 3.08. The Balaban J connectivity index is 1.51. The normalized spacial score (nSPS) is 15.3. The minimum atomic E-state index is 0.217. The number of rotatable bonds is 4. The SMILES string of the molecule is N#Cc1cccc(N2CCC(OCc3ccc(Cl)c(Cl)c3)CC2)n1. The number of ether oxygens (including phenoxy) is 1. The summed E-state index contributed by atoms with van der Waals surface area (Å²) in [6.45, 7) is 2.27. The molecule has 3 rings (SSSR count). The molecule has 1 aromatic heterocycles. The first-order valence-corrected chi connectivity index (χ1v) is 8.59. The van der Waals surface area contributed by atoms with Crippen LogP contribution in [0.3, 0.4) is 0 Å². The highest BCUT2D eigenvalue weighted by molar-refractivity contribution is 6.42. The summed E-state index contributed by atoms with van der Waals surface area (Å²) in [6.07, 6.45) is 2.08. The van der Waals surface area contributed by atoms with Crippen LogP contribution in [0.4, 0.5) is 5.82 Å². The lowest BCUT2D eigenvalue weighted by Crippen LogP contribution is -2.37. The van der Waals surface area contributed by atoms with Gasteiger partial charge in [0.25, 0.3) is 0 Å². The molecule has 1 fully saturated rings. The molecular weight excluding hydrogens is 345 g/mol. The van der Waals surface area contributed by atoms with Crippen molar-refractivity contribution < 1.29 is 4.74 Å². The molecule has 0 aliphatic carbocycles. The molecule has 0 unspecified atom stereocenters. The molecule has 1 saturated heterocycles. The maximum Gasteiger partial charge on any atom is 0.142 e. The fraction of sp³-hybridized carbons (Fsp3) is 0.333. The van der Waals surface area contributed by atoms with E-state index in [9.17, 15) is 0 Å². The van der Waals surface area contributed by atoms with E-state index in [1.807, 2.05) is 24.3 Å². The predicted molar refractivity (Wildman–Crippen MR) is 95.4 cm³/mol. The van der Waals surface area contributed by atoms with E-state index in [1.54, 1.807) is 12.1 Å². The Morgan fingerprint density at radius 3 is 2.67 bits per heavy atom. The topological polar surface area (TPSA) is 49.2 Å². The van der Waals surface area contributed by atoms with Crippen LogP contribution in [0.5, 0.6) is 0 Å². The highest BCUT2D eigenvalue weighted by atomic mass is 35.5. The van der Waals surface area contributed by atoms with Gasteiger partial charge in [0, 0.05) is 13.1 Å². The van der Waals surface area contributed by atoms with Crippen molar-refractivity contribution in [3.05, 3.63) is 57.7 Å². The number of aromatic nitrogens is 1. The summed E-state index contributed by atoms with van der Waals surface area (Å²) in [5.41, 5.74) is 1.47. The van der Waals surface area contributed by atoms with Gasteiger partial charge in [0.05, 0.1) is 22.8 Å². The smallest absolute Gasteiger partial charge is 0.142 e. The van der Waals surface area contributed by atoms with Gasteiger partial charge in [-0.05, 0) is 42.7 Å².